The summed E-state index contributed by atoms with van der Waals surface area (Å²) >= 11 is 0. The summed E-state index contributed by atoms with van der Waals surface area (Å²) in [5.74, 6) is 0. The summed E-state index contributed by atoms with van der Waals surface area (Å²) in [4.78, 5) is 11.0. The van der Waals surface area contributed by atoms with Crippen LogP contribution in [-0.4, -0.2) is 51.5 Å². The highest BCUT2D eigenvalue weighted by Gasteiger charge is 2.43. The Morgan fingerprint density at radius 3 is 2.45 bits per heavy atom. The minimum Gasteiger partial charge on any atom is -0.464 e. The van der Waals surface area contributed by atoms with Crippen LogP contribution in [0.1, 0.15) is 27.2 Å². The highest BCUT2D eigenvalue weighted by atomic mass is 32.2. The molecule has 1 atom stereocenters. The van der Waals surface area contributed by atoms with Gasteiger partial charge in [0, 0.05) is 6.61 Å². The molecular formula is C11H23NO6SSi. The molecule has 1 fully saturated rings. The highest BCUT2D eigenvalue weighted by Crippen LogP contribution is 2.36. The lowest BCUT2D eigenvalue weighted by Gasteiger charge is -2.36. The second-order valence-electron chi connectivity index (χ2n) is 6.37. The van der Waals surface area contributed by atoms with E-state index < -0.39 is 30.8 Å². The summed E-state index contributed by atoms with van der Waals surface area (Å²) < 4.78 is 33.7. The van der Waals surface area contributed by atoms with Gasteiger partial charge >= 0.3 is 16.4 Å². The summed E-state index contributed by atoms with van der Waals surface area (Å²) in [6.45, 7) is 10.7. The third kappa shape index (κ3) is 3.71. The Balaban J connectivity index is 2.61. The van der Waals surface area contributed by atoms with E-state index in [4.69, 9.17) is 9.53 Å². The van der Waals surface area contributed by atoms with Gasteiger partial charge in [-0.05, 0) is 24.6 Å². The van der Waals surface area contributed by atoms with Crippen molar-refractivity contribution in [1.29, 1.82) is 0 Å². The van der Waals surface area contributed by atoms with E-state index >= 15 is 0 Å². The van der Waals surface area contributed by atoms with Crippen LogP contribution in [0.2, 0.25) is 18.1 Å². The first-order valence-electron chi connectivity index (χ1n) is 6.44. The van der Waals surface area contributed by atoms with Crippen LogP contribution in [0.25, 0.3) is 0 Å². The molecule has 0 bridgehead atoms. The summed E-state index contributed by atoms with van der Waals surface area (Å²) in [6.07, 6.45) is -1.21. The van der Waals surface area contributed by atoms with E-state index in [-0.39, 0.29) is 11.6 Å². The Morgan fingerprint density at radius 2 is 2.00 bits per heavy atom. The van der Waals surface area contributed by atoms with Crippen LogP contribution in [0.3, 0.4) is 0 Å². The lowest BCUT2D eigenvalue weighted by atomic mass is 10.2. The highest BCUT2D eigenvalue weighted by molar-refractivity contribution is 7.85. The maximum Gasteiger partial charge on any atom is 0.423 e. The van der Waals surface area contributed by atoms with E-state index in [0.29, 0.717) is 17.3 Å². The second kappa shape index (κ2) is 5.62. The number of amides is 1. The summed E-state index contributed by atoms with van der Waals surface area (Å²) in [5, 5.41) is 9.00. The Kier molecular flexibility index (Phi) is 4.90. The fraction of sp³-hybridized carbons (Fsp3) is 0.909. The normalized spacial score (nSPS) is 23.1. The van der Waals surface area contributed by atoms with Crippen LogP contribution >= 0.6 is 0 Å². The zero-order chi connectivity index (χ0) is 15.8. The zero-order valence-corrected chi connectivity index (χ0v) is 14.4. The number of nitrogens with zero attached hydrogens (tertiary/aromatic N) is 1. The second-order valence-corrected chi connectivity index (χ2v) is 12.7. The smallest absolute Gasteiger partial charge is 0.423 e. The summed E-state index contributed by atoms with van der Waals surface area (Å²) in [5.41, 5.74) is 0. The van der Waals surface area contributed by atoms with Gasteiger partial charge in [0.05, 0.1) is 12.6 Å². The molecule has 118 valence electrons. The van der Waals surface area contributed by atoms with Crippen molar-refractivity contribution in [3.8, 4) is 0 Å². The Bertz CT molecular complexity index is 470. The number of carbonyl (C=O) groups is 1. The average molecular weight is 325 g/mol. The maximum absolute atomic E-state index is 11.4. The Labute approximate surface area is 121 Å². The van der Waals surface area contributed by atoms with Gasteiger partial charge in [-0.15, -0.1) is 0 Å². The van der Waals surface area contributed by atoms with E-state index in [0.717, 1.165) is 0 Å². The van der Waals surface area contributed by atoms with Crippen molar-refractivity contribution in [1.82, 2.24) is 4.31 Å². The minimum absolute atomic E-state index is 0.0533. The standard InChI is InChI=1S/C11H23NO6SSi/c1-11(2,3)20(4,5)18-7-6-9-8-17-19(15,16)12(9)10(13)14/h9H,6-8H2,1-5H3,(H,13,14). The Morgan fingerprint density at radius 1 is 1.45 bits per heavy atom. The maximum atomic E-state index is 11.4. The third-order valence-corrected chi connectivity index (χ3v) is 9.80. The molecule has 1 unspecified atom stereocenters. The molecule has 7 nitrogen and oxygen atoms in total. The van der Waals surface area contributed by atoms with Gasteiger partial charge in [-0.3, -0.25) is 4.18 Å². The van der Waals surface area contributed by atoms with Crippen LogP contribution in [0.15, 0.2) is 0 Å². The first kappa shape index (κ1) is 17.4. The van der Waals surface area contributed by atoms with Crippen molar-refractivity contribution < 1.29 is 26.9 Å². The first-order chi connectivity index (χ1) is 8.88. The van der Waals surface area contributed by atoms with Crippen LogP contribution in [0.5, 0.6) is 0 Å². The molecule has 0 radical (unpaired) electrons. The molecule has 1 N–H and O–H groups in total. The molecule has 1 aliphatic heterocycles. The lowest BCUT2D eigenvalue weighted by molar-refractivity contribution is 0.157. The van der Waals surface area contributed by atoms with Gasteiger partial charge in [0.2, 0.25) is 0 Å². The van der Waals surface area contributed by atoms with Crippen LogP contribution in [0, 0.1) is 0 Å². The van der Waals surface area contributed by atoms with Crippen molar-refractivity contribution in [2.45, 2.75) is 51.4 Å². The molecule has 0 spiro atoms. The number of hydrogen-bond donors (Lipinski definition) is 1. The summed E-state index contributed by atoms with van der Waals surface area (Å²) in [6, 6.07) is -0.706. The Hall–Kier alpha value is -0.643. The fourth-order valence-corrected chi connectivity index (χ4v) is 3.82. The van der Waals surface area contributed by atoms with Gasteiger partial charge < -0.3 is 9.53 Å². The van der Waals surface area contributed by atoms with E-state index in [2.05, 4.69) is 38.0 Å². The van der Waals surface area contributed by atoms with Crippen molar-refractivity contribution >= 4 is 24.7 Å². The molecule has 0 aromatic heterocycles. The minimum atomic E-state index is -4.14. The van der Waals surface area contributed by atoms with Crippen molar-refractivity contribution in [3.63, 3.8) is 0 Å². The predicted octanol–water partition coefficient (Wildman–Crippen LogP) is 2.02. The van der Waals surface area contributed by atoms with Crippen molar-refractivity contribution in [2.24, 2.45) is 0 Å². The molecular weight excluding hydrogens is 302 g/mol. The molecule has 0 aromatic carbocycles. The monoisotopic (exact) mass is 325 g/mol. The topological polar surface area (TPSA) is 93.1 Å². The number of hydrogen-bond acceptors (Lipinski definition) is 5. The fourth-order valence-electron chi connectivity index (χ4n) is 1.59. The molecule has 9 heteroatoms. The predicted molar refractivity (Wildman–Crippen MR) is 76.3 cm³/mol. The molecule has 1 aliphatic rings. The van der Waals surface area contributed by atoms with E-state index in [1.54, 1.807) is 0 Å². The molecule has 1 heterocycles. The molecule has 0 aliphatic carbocycles. The SMILES string of the molecule is CC(C)(C)[Si](C)(C)OCCC1COS(=O)(=O)N1C(=O)O. The summed E-state index contributed by atoms with van der Waals surface area (Å²) in [7, 11) is -6.06. The van der Waals surface area contributed by atoms with Gasteiger partial charge in [-0.2, -0.15) is 12.7 Å². The van der Waals surface area contributed by atoms with Gasteiger partial charge in [-0.25, -0.2) is 4.79 Å². The van der Waals surface area contributed by atoms with Gasteiger partial charge in [0.1, 0.15) is 0 Å². The van der Waals surface area contributed by atoms with Gasteiger partial charge in [0.15, 0.2) is 8.32 Å². The van der Waals surface area contributed by atoms with Crippen LogP contribution in [-0.2, 0) is 18.9 Å². The van der Waals surface area contributed by atoms with Crippen molar-refractivity contribution in [2.75, 3.05) is 13.2 Å². The van der Waals surface area contributed by atoms with Gasteiger partial charge in [0.25, 0.3) is 0 Å². The third-order valence-electron chi connectivity index (χ3n) is 3.89. The van der Waals surface area contributed by atoms with E-state index in [9.17, 15) is 13.2 Å². The number of rotatable bonds is 4. The van der Waals surface area contributed by atoms with Crippen LogP contribution < -0.4 is 0 Å². The average Bonchev–Trinajstić information content (AvgIpc) is 2.51. The molecule has 20 heavy (non-hydrogen) atoms. The lowest BCUT2D eigenvalue weighted by Crippen LogP contribution is -2.43. The molecule has 1 saturated heterocycles. The first-order valence-corrected chi connectivity index (χ1v) is 10.7. The van der Waals surface area contributed by atoms with E-state index in [1.807, 2.05) is 0 Å². The van der Waals surface area contributed by atoms with Gasteiger partial charge in [-0.1, -0.05) is 20.8 Å². The molecule has 0 saturated carbocycles. The number of carboxylic acid groups (broad SMARTS) is 1. The largest absolute Gasteiger partial charge is 0.464 e. The molecule has 1 rings (SSSR count). The van der Waals surface area contributed by atoms with E-state index in [1.165, 1.54) is 0 Å². The molecule has 0 aromatic rings. The zero-order valence-electron chi connectivity index (χ0n) is 12.5. The quantitative estimate of drug-likeness (QED) is 0.795. The molecule has 1 amide bonds. The van der Waals surface area contributed by atoms with Crippen molar-refractivity contribution in [3.05, 3.63) is 0 Å². The van der Waals surface area contributed by atoms with Crippen LogP contribution in [0.4, 0.5) is 4.79 Å².